The van der Waals surface area contributed by atoms with Crippen LogP contribution in [0.5, 0.6) is 5.75 Å². The number of halogens is 3. The average molecular weight is 299 g/mol. The third kappa shape index (κ3) is 3.04. The molecule has 76 valence electrons. The Morgan fingerprint density at radius 1 is 1.50 bits per heavy atom. The summed E-state index contributed by atoms with van der Waals surface area (Å²) in [5.74, 6) is -0.210. The van der Waals surface area contributed by atoms with E-state index in [1.807, 2.05) is 0 Å². The summed E-state index contributed by atoms with van der Waals surface area (Å²) in [5, 5.41) is 0.805. The van der Waals surface area contributed by atoms with Gasteiger partial charge >= 0.3 is 0 Å². The van der Waals surface area contributed by atoms with Crippen LogP contribution in [-0.4, -0.2) is 12.5 Å². The highest BCUT2D eigenvalue weighted by Gasteiger charge is 2.09. The van der Waals surface area contributed by atoms with E-state index < -0.39 is 5.91 Å². The lowest BCUT2D eigenvalue weighted by Crippen LogP contribution is -2.20. The number of carbonyl (C=O) groups is 1. The molecule has 0 bridgehead atoms. The summed E-state index contributed by atoms with van der Waals surface area (Å²) in [6, 6.07) is 3.13. The maximum absolute atomic E-state index is 10.5. The zero-order valence-electron chi connectivity index (χ0n) is 6.89. The van der Waals surface area contributed by atoms with E-state index in [-0.39, 0.29) is 6.61 Å². The standard InChI is InChI=1S/C8H6BrCl2NO2/c9-5-1-4(10)2-6(11)8(5)14-3-7(12)13/h1-2H,3H2,(H2,12,13). The molecule has 3 nitrogen and oxygen atoms in total. The fourth-order valence-corrected chi connectivity index (χ4v) is 2.18. The van der Waals surface area contributed by atoms with Gasteiger partial charge in [0.05, 0.1) is 9.50 Å². The van der Waals surface area contributed by atoms with Gasteiger partial charge in [0.2, 0.25) is 0 Å². The zero-order valence-corrected chi connectivity index (χ0v) is 9.99. The first-order chi connectivity index (χ1) is 6.50. The van der Waals surface area contributed by atoms with Gasteiger partial charge in [0, 0.05) is 5.02 Å². The van der Waals surface area contributed by atoms with Gasteiger partial charge in [-0.05, 0) is 28.1 Å². The van der Waals surface area contributed by atoms with Gasteiger partial charge in [0.25, 0.3) is 5.91 Å². The molecule has 1 rings (SSSR count). The molecule has 14 heavy (non-hydrogen) atoms. The Morgan fingerprint density at radius 2 is 2.14 bits per heavy atom. The van der Waals surface area contributed by atoms with Crippen LogP contribution in [0.2, 0.25) is 10.0 Å². The van der Waals surface area contributed by atoms with Crippen LogP contribution < -0.4 is 10.5 Å². The number of primary amides is 1. The van der Waals surface area contributed by atoms with Crippen LogP contribution in [0.3, 0.4) is 0 Å². The molecule has 0 aliphatic rings. The Kier molecular flexibility index (Phi) is 4.04. The first-order valence-electron chi connectivity index (χ1n) is 3.56. The molecule has 1 aromatic rings. The fraction of sp³-hybridized carbons (Fsp3) is 0.125. The van der Waals surface area contributed by atoms with Gasteiger partial charge in [-0.25, -0.2) is 0 Å². The Balaban J connectivity index is 2.91. The third-order valence-electron chi connectivity index (χ3n) is 1.32. The highest BCUT2D eigenvalue weighted by Crippen LogP contribution is 2.35. The van der Waals surface area contributed by atoms with Gasteiger partial charge in [-0.1, -0.05) is 23.2 Å². The average Bonchev–Trinajstić information content (AvgIpc) is 2.01. The van der Waals surface area contributed by atoms with Crippen LogP contribution in [0.15, 0.2) is 16.6 Å². The van der Waals surface area contributed by atoms with Crippen molar-refractivity contribution in [2.75, 3.05) is 6.61 Å². The van der Waals surface area contributed by atoms with E-state index in [9.17, 15) is 4.79 Å². The van der Waals surface area contributed by atoms with Crippen molar-refractivity contribution in [2.45, 2.75) is 0 Å². The van der Waals surface area contributed by atoms with Crippen molar-refractivity contribution in [1.82, 2.24) is 0 Å². The summed E-state index contributed by atoms with van der Waals surface area (Å²) >= 11 is 14.8. The monoisotopic (exact) mass is 297 g/mol. The van der Waals surface area contributed by atoms with Crippen LogP contribution in [0.25, 0.3) is 0 Å². The number of ether oxygens (including phenoxy) is 1. The van der Waals surface area contributed by atoms with E-state index in [4.69, 9.17) is 33.7 Å². The number of amides is 1. The van der Waals surface area contributed by atoms with Crippen molar-refractivity contribution in [2.24, 2.45) is 5.73 Å². The largest absolute Gasteiger partial charge is 0.481 e. The van der Waals surface area contributed by atoms with Crippen LogP contribution in [-0.2, 0) is 4.79 Å². The summed E-state index contributed by atoms with van der Waals surface area (Å²) in [4.78, 5) is 10.5. The maximum atomic E-state index is 10.5. The molecule has 0 aromatic heterocycles. The SMILES string of the molecule is NC(=O)COc1c(Cl)cc(Cl)cc1Br. The minimum absolute atomic E-state index is 0.222. The molecule has 0 aliphatic carbocycles. The van der Waals surface area contributed by atoms with Crippen LogP contribution >= 0.6 is 39.1 Å². The van der Waals surface area contributed by atoms with Gasteiger partial charge in [0.15, 0.2) is 12.4 Å². The lowest BCUT2D eigenvalue weighted by atomic mass is 10.3. The maximum Gasteiger partial charge on any atom is 0.255 e. The minimum Gasteiger partial charge on any atom is -0.481 e. The molecule has 0 saturated heterocycles. The predicted octanol–water partition coefficient (Wildman–Crippen LogP) is 2.62. The quantitative estimate of drug-likeness (QED) is 0.932. The number of rotatable bonds is 3. The molecule has 0 unspecified atom stereocenters. The van der Waals surface area contributed by atoms with Crippen molar-refractivity contribution in [1.29, 1.82) is 0 Å². The molecule has 6 heteroatoms. The van der Waals surface area contributed by atoms with Crippen LogP contribution in [0.1, 0.15) is 0 Å². The van der Waals surface area contributed by atoms with E-state index >= 15 is 0 Å². The van der Waals surface area contributed by atoms with Crippen LogP contribution in [0, 0.1) is 0 Å². The zero-order chi connectivity index (χ0) is 10.7. The van der Waals surface area contributed by atoms with Gasteiger partial charge in [-0.15, -0.1) is 0 Å². The number of nitrogens with two attached hydrogens (primary N) is 1. The summed E-state index contributed by atoms with van der Waals surface area (Å²) in [7, 11) is 0. The van der Waals surface area contributed by atoms with Crippen LogP contribution in [0.4, 0.5) is 0 Å². The summed E-state index contributed by atoms with van der Waals surface area (Å²) in [6.07, 6.45) is 0. The molecule has 2 N–H and O–H groups in total. The van der Waals surface area contributed by atoms with Crippen molar-refractivity contribution in [3.05, 3.63) is 26.7 Å². The molecule has 1 amide bonds. The van der Waals surface area contributed by atoms with E-state index in [0.29, 0.717) is 20.3 Å². The molecule has 0 heterocycles. The fourth-order valence-electron chi connectivity index (χ4n) is 0.810. The second-order valence-corrected chi connectivity index (χ2v) is 4.15. The van der Waals surface area contributed by atoms with Gasteiger partial charge in [0.1, 0.15) is 0 Å². The molecular weight excluding hydrogens is 293 g/mol. The van der Waals surface area contributed by atoms with Crippen molar-refractivity contribution < 1.29 is 9.53 Å². The molecule has 0 aliphatic heterocycles. The first kappa shape index (κ1) is 11.6. The molecule has 1 aromatic carbocycles. The summed E-state index contributed by atoms with van der Waals surface area (Å²) in [6.45, 7) is -0.222. The van der Waals surface area contributed by atoms with Gasteiger partial charge < -0.3 is 10.5 Å². The smallest absolute Gasteiger partial charge is 0.255 e. The lowest BCUT2D eigenvalue weighted by Gasteiger charge is -2.08. The van der Waals surface area contributed by atoms with Crippen molar-refractivity contribution in [3.8, 4) is 5.75 Å². The number of hydrogen-bond acceptors (Lipinski definition) is 2. The Hall–Kier alpha value is -0.450. The molecule has 0 spiro atoms. The van der Waals surface area contributed by atoms with Crippen molar-refractivity contribution >= 4 is 45.0 Å². The second-order valence-electron chi connectivity index (χ2n) is 2.45. The summed E-state index contributed by atoms with van der Waals surface area (Å²) in [5.41, 5.74) is 4.92. The van der Waals surface area contributed by atoms with Gasteiger partial charge in [-0.3, -0.25) is 4.79 Å². The number of benzene rings is 1. The van der Waals surface area contributed by atoms with E-state index in [2.05, 4.69) is 15.9 Å². The normalized spacial score (nSPS) is 9.93. The highest BCUT2D eigenvalue weighted by molar-refractivity contribution is 9.10. The highest BCUT2D eigenvalue weighted by atomic mass is 79.9. The number of hydrogen-bond donors (Lipinski definition) is 1. The molecular formula is C8H6BrCl2NO2. The van der Waals surface area contributed by atoms with Gasteiger partial charge in [-0.2, -0.15) is 0 Å². The van der Waals surface area contributed by atoms with E-state index in [1.165, 1.54) is 6.07 Å². The molecule has 0 radical (unpaired) electrons. The molecule has 0 fully saturated rings. The minimum atomic E-state index is -0.567. The first-order valence-corrected chi connectivity index (χ1v) is 5.11. The lowest BCUT2D eigenvalue weighted by molar-refractivity contribution is -0.119. The third-order valence-corrected chi connectivity index (χ3v) is 2.41. The number of carbonyl (C=O) groups excluding carboxylic acids is 1. The van der Waals surface area contributed by atoms with E-state index in [1.54, 1.807) is 6.07 Å². The Labute approximate surface area is 99.3 Å². The topological polar surface area (TPSA) is 52.3 Å². The summed E-state index contributed by atoms with van der Waals surface area (Å²) < 4.78 is 5.65. The van der Waals surface area contributed by atoms with Crippen molar-refractivity contribution in [3.63, 3.8) is 0 Å². The Bertz CT molecular complexity index is 347. The second kappa shape index (κ2) is 4.87. The van der Waals surface area contributed by atoms with E-state index in [0.717, 1.165) is 0 Å². The molecule has 0 saturated carbocycles. The molecule has 0 atom stereocenters. The predicted molar refractivity (Wildman–Crippen MR) is 58.9 cm³/mol. The Morgan fingerprint density at radius 3 is 2.64 bits per heavy atom.